The van der Waals surface area contributed by atoms with Crippen molar-refractivity contribution < 1.29 is 14.5 Å². The molecular formula is C23H25N5O4. The summed E-state index contributed by atoms with van der Waals surface area (Å²) in [5, 5.41) is 14.8. The Balaban J connectivity index is 1.30. The molecular weight excluding hydrogens is 410 g/mol. The number of ether oxygens (including phenoxy) is 1. The lowest BCUT2D eigenvalue weighted by molar-refractivity contribution is -0.385. The van der Waals surface area contributed by atoms with E-state index in [-0.39, 0.29) is 11.6 Å². The number of hydrogen-bond acceptors (Lipinski definition) is 6. The highest BCUT2D eigenvalue weighted by Gasteiger charge is 2.22. The smallest absolute Gasteiger partial charge is 0.307 e. The fraction of sp³-hybridized carbons (Fsp3) is 0.304. The SMILES string of the molecule is COc1cccc(CN2CCN(C(=O)c3ccc(Cn4cc([N+](=O)[O-])cn4)cc3)CC2)c1. The molecule has 2 heterocycles. The number of hydrogen-bond donors (Lipinski definition) is 0. The van der Waals surface area contributed by atoms with Crippen LogP contribution in [0.25, 0.3) is 0 Å². The van der Waals surface area contributed by atoms with Crippen molar-refractivity contribution in [2.24, 2.45) is 0 Å². The third-order valence-electron chi connectivity index (χ3n) is 5.58. The second-order valence-corrected chi connectivity index (χ2v) is 7.77. The lowest BCUT2D eigenvalue weighted by Gasteiger charge is -2.34. The summed E-state index contributed by atoms with van der Waals surface area (Å²) >= 11 is 0. The van der Waals surface area contributed by atoms with Gasteiger partial charge in [0.05, 0.1) is 18.6 Å². The van der Waals surface area contributed by atoms with Crippen molar-refractivity contribution >= 4 is 11.6 Å². The molecule has 0 unspecified atom stereocenters. The van der Waals surface area contributed by atoms with Crippen LogP contribution in [0.1, 0.15) is 21.5 Å². The zero-order valence-electron chi connectivity index (χ0n) is 17.9. The quantitative estimate of drug-likeness (QED) is 0.418. The number of carbonyl (C=O) groups is 1. The lowest BCUT2D eigenvalue weighted by Crippen LogP contribution is -2.48. The largest absolute Gasteiger partial charge is 0.497 e. The molecule has 1 amide bonds. The summed E-state index contributed by atoms with van der Waals surface area (Å²) in [5.41, 5.74) is 2.72. The van der Waals surface area contributed by atoms with E-state index in [1.807, 2.05) is 35.2 Å². The molecule has 166 valence electrons. The van der Waals surface area contributed by atoms with Crippen molar-refractivity contribution in [1.82, 2.24) is 19.6 Å². The summed E-state index contributed by atoms with van der Waals surface area (Å²) in [4.78, 5) is 27.4. The summed E-state index contributed by atoms with van der Waals surface area (Å²) in [6, 6.07) is 15.4. The molecule has 0 aliphatic carbocycles. The minimum absolute atomic E-state index is 0.0207. The van der Waals surface area contributed by atoms with Gasteiger partial charge < -0.3 is 9.64 Å². The van der Waals surface area contributed by atoms with E-state index in [1.165, 1.54) is 22.6 Å². The van der Waals surface area contributed by atoms with Gasteiger partial charge in [0, 0.05) is 38.3 Å². The summed E-state index contributed by atoms with van der Waals surface area (Å²) in [5.74, 6) is 0.873. The number of carbonyl (C=O) groups excluding carboxylic acids is 1. The summed E-state index contributed by atoms with van der Waals surface area (Å²) in [7, 11) is 1.67. The first-order valence-electron chi connectivity index (χ1n) is 10.4. The van der Waals surface area contributed by atoms with Gasteiger partial charge in [0.2, 0.25) is 0 Å². The molecule has 0 bridgehead atoms. The van der Waals surface area contributed by atoms with E-state index in [0.29, 0.717) is 25.2 Å². The Morgan fingerprint density at radius 2 is 1.81 bits per heavy atom. The van der Waals surface area contributed by atoms with Crippen molar-refractivity contribution in [3.8, 4) is 5.75 Å². The van der Waals surface area contributed by atoms with Crippen LogP contribution in [-0.2, 0) is 13.1 Å². The molecule has 2 aromatic carbocycles. The number of nitro groups is 1. The van der Waals surface area contributed by atoms with Crippen LogP contribution in [0.2, 0.25) is 0 Å². The number of rotatable bonds is 7. The van der Waals surface area contributed by atoms with Gasteiger partial charge in [-0.15, -0.1) is 0 Å². The van der Waals surface area contributed by atoms with E-state index >= 15 is 0 Å². The molecule has 1 aliphatic heterocycles. The molecule has 1 fully saturated rings. The van der Waals surface area contributed by atoms with Crippen LogP contribution in [0.5, 0.6) is 5.75 Å². The van der Waals surface area contributed by atoms with E-state index < -0.39 is 4.92 Å². The Morgan fingerprint density at radius 1 is 1.06 bits per heavy atom. The Kier molecular flexibility index (Phi) is 6.46. The van der Waals surface area contributed by atoms with E-state index in [4.69, 9.17) is 4.74 Å². The predicted molar refractivity (Wildman–Crippen MR) is 119 cm³/mol. The number of piperazine rings is 1. The molecule has 3 aromatic rings. The predicted octanol–water partition coefficient (Wildman–Crippen LogP) is 2.81. The van der Waals surface area contributed by atoms with Crippen molar-refractivity contribution in [3.63, 3.8) is 0 Å². The van der Waals surface area contributed by atoms with Crippen molar-refractivity contribution in [1.29, 1.82) is 0 Å². The first kappa shape index (κ1) is 21.5. The zero-order valence-corrected chi connectivity index (χ0v) is 17.9. The fourth-order valence-corrected chi connectivity index (χ4v) is 3.79. The molecule has 0 saturated carbocycles. The summed E-state index contributed by atoms with van der Waals surface area (Å²) in [6.07, 6.45) is 2.62. The second kappa shape index (κ2) is 9.61. The summed E-state index contributed by atoms with van der Waals surface area (Å²) < 4.78 is 6.80. The molecule has 32 heavy (non-hydrogen) atoms. The van der Waals surface area contributed by atoms with Gasteiger partial charge in [0.1, 0.15) is 18.1 Å². The highest BCUT2D eigenvalue weighted by molar-refractivity contribution is 5.94. The van der Waals surface area contributed by atoms with Gasteiger partial charge in [-0.05, 0) is 35.4 Å². The molecule has 0 atom stereocenters. The average molecular weight is 435 g/mol. The number of nitrogens with zero attached hydrogens (tertiary/aromatic N) is 5. The Bertz CT molecular complexity index is 1090. The third-order valence-corrected chi connectivity index (χ3v) is 5.58. The van der Waals surface area contributed by atoms with E-state index in [1.54, 1.807) is 19.2 Å². The van der Waals surface area contributed by atoms with Gasteiger partial charge in [-0.1, -0.05) is 24.3 Å². The normalized spacial score (nSPS) is 14.3. The number of aromatic nitrogens is 2. The Morgan fingerprint density at radius 3 is 2.47 bits per heavy atom. The molecule has 9 nitrogen and oxygen atoms in total. The van der Waals surface area contributed by atoms with Gasteiger partial charge in [-0.25, -0.2) is 0 Å². The third kappa shape index (κ3) is 5.12. The van der Waals surface area contributed by atoms with Gasteiger partial charge >= 0.3 is 5.69 Å². The number of amides is 1. The first-order valence-corrected chi connectivity index (χ1v) is 10.4. The topological polar surface area (TPSA) is 93.7 Å². The minimum Gasteiger partial charge on any atom is -0.497 e. The van der Waals surface area contributed by atoms with E-state index in [0.717, 1.165) is 30.9 Å². The fourth-order valence-electron chi connectivity index (χ4n) is 3.79. The van der Waals surface area contributed by atoms with Crippen LogP contribution in [0, 0.1) is 10.1 Å². The Labute approximate surface area is 186 Å². The number of methoxy groups -OCH3 is 1. The van der Waals surface area contributed by atoms with Crippen molar-refractivity contribution in [2.45, 2.75) is 13.1 Å². The van der Waals surface area contributed by atoms with Crippen LogP contribution in [0.3, 0.4) is 0 Å². The van der Waals surface area contributed by atoms with Crippen molar-refractivity contribution in [3.05, 3.63) is 87.7 Å². The summed E-state index contributed by atoms with van der Waals surface area (Å²) in [6.45, 7) is 4.24. The molecule has 1 aromatic heterocycles. The molecule has 0 radical (unpaired) electrons. The van der Waals surface area contributed by atoms with Crippen LogP contribution in [0.4, 0.5) is 5.69 Å². The van der Waals surface area contributed by atoms with Crippen LogP contribution in [0.15, 0.2) is 60.9 Å². The maximum Gasteiger partial charge on any atom is 0.307 e. The highest BCUT2D eigenvalue weighted by Crippen LogP contribution is 2.17. The molecule has 4 rings (SSSR count). The second-order valence-electron chi connectivity index (χ2n) is 7.77. The van der Waals surface area contributed by atoms with Gasteiger partial charge in [-0.3, -0.25) is 24.5 Å². The van der Waals surface area contributed by atoms with Crippen LogP contribution in [-0.4, -0.2) is 63.7 Å². The monoisotopic (exact) mass is 435 g/mol. The molecule has 9 heteroatoms. The van der Waals surface area contributed by atoms with Gasteiger partial charge in [0.25, 0.3) is 5.91 Å². The average Bonchev–Trinajstić information content (AvgIpc) is 3.29. The van der Waals surface area contributed by atoms with Crippen LogP contribution < -0.4 is 4.74 Å². The standard InChI is InChI=1S/C23H25N5O4/c1-32-22-4-2-3-19(13-22)15-25-9-11-26(12-10-25)23(29)20-7-5-18(6-8-20)16-27-17-21(14-24-27)28(30)31/h2-8,13-14,17H,9-12,15-16H2,1H3. The maximum atomic E-state index is 12.9. The Hall–Kier alpha value is -3.72. The highest BCUT2D eigenvalue weighted by atomic mass is 16.6. The zero-order chi connectivity index (χ0) is 22.5. The van der Waals surface area contributed by atoms with E-state index in [2.05, 4.69) is 16.1 Å². The molecule has 1 saturated heterocycles. The molecule has 0 N–H and O–H groups in total. The van der Waals surface area contributed by atoms with Gasteiger partial charge in [-0.2, -0.15) is 5.10 Å². The molecule has 0 spiro atoms. The maximum absolute atomic E-state index is 12.9. The van der Waals surface area contributed by atoms with Crippen molar-refractivity contribution in [2.75, 3.05) is 33.3 Å². The molecule has 1 aliphatic rings. The van der Waals surface area contributed by atoms with Gasteiger partial charge in [0.15, 0.2) is 0 Å². The first-order chi connectivity index (χ1) is 15.5. The van der Waals surface area contributed by atoms with Crippen LogP contribution >= 0.6 is 0 Å². The van der Waals surface area contributed by atoms with E-state index in [9.17, 15) is 14.9 Å². The lowest BCUT2D eigenvalue weighted by atomic mass is 10.1. The minimum atomic E-state index is -0.471. The number of benzene rings is 2.